The third-order valence-corrected chi connectivity index (χ3v) is 4.08. The maximum atomic E-state index is 12.2. The fourth-order valence-corrected chi connectivity index (χ4v) is 2.63. The second kappa shape index (κ2) is 4.97. The van der Waals surface area contributed by atoms with Gasteiger partial charge in [0, 0.05) is 42.9 Å². The molecule has 0 aromatic carbocycles. The number of rotatable bonds is 2. The van der Waals surface area contributed by atoms with E-state index in [2.05, 4.69) is 25.8 Å². The van der Waals surface area contributed by atoms with Crippen LogP contribution >= 0.6 is 15.9 Å². The average molecular weight is 310 g/mol. The Morgan fingerprint density at radius 1 is 1.22 bits per heavy atom. The summed E-state index contributed by atoms with van der Waals surface area (Å²) in [6.45, 7) is 3.67. The number of amides is 1. The molecule has 18 heavy (non-hydrogen) atoms. The maximum absolute atomic E-state index is 12.2. The van der Waals surface area contributed by atoms with E-state index in [1.165, 1.54) is 12.8 Å². The van der Waals surface area contributed by atoms with E-state index in [1.807, 2.05) is 11.0 Å². The van der Waals surface area contributed by atoms with Gasteiger partial charge in [0.05, 0.1) is 0 Å². The van der Waals surface area contributed by atoms with Crippen LogP contribution in [0.1, 0.15) is 23.3 Å². The minimum absolute atomic E-state index is 0.0537. The van der Waals surface area contributed by atoms with E-state index in [4.69, 9.17) is 0 Å². The molecule has 0 unspecified atom stereocenters. The molecule has 2 aliphatic rings. The number of hydrogen-bond donors (Lipinski definition) is 0. The first-order chi connectivity index (χ1) is 8.74. The summed E-state index contributed by atoms with van der Waals surface area (Å²) in [7, 11) is 0. The van der Waals surface area contributed by atoms with Gasteiger partial charge in [-0.25, -0.2) is 4.98 Å². The highest BCUT2D eigenvalue weighted by Gasteiger charge is 2.32. The zero-order chi connectivity index (χ0) is 12.5. The molecule has 0 atom stereocenters. The lowest BCUT2D eigenvalue weighted by atomic mass is 10.2. The van der Waals surface area contributed by atoms with Gasteiger partial charge in [0.2, 0.25) is 0 Å². The Morgan fingerprint density at radius 3 is 2.50 bits per heavy atom. The molecule has 1 aliphatic carbocycles. The van der Waals surface area contributed by atoms with Crippen LogP contribution < -0.4 is 0 Å². The molecular formula is C13H16BrN3O. The van der Waals surface area contributed by atoms with Crippen LogP contribution in [0, 0.1) is 0 Å². The molecule has 96 valence electrons. The number of halogens is 1. The quantitative estimate of drug-likeness (QED) is 0.835. The summed E-state index contributed by atoms with van der Waals surface area (Å²) in [4.78, 5) is 20.8. The molecule has 0 radical (unpaired) electrons. The van der Waals surface area contributed by atoms with Crippen molar-refractivity contribution in [2.24, 2.45) is 0 Å². The van der Waals surface area contributed by atoms with E-state index in [0.717, 1.165) is 36.7 Å². The van der Waals surface area contributed by atoms with Crippen molar-refractivity contribution in [2.45, 2.75) is 18.9 Å². The van der Waals surface area contributed by atoms with Gasteiger partial charge in [-0.3, -0.25) is 9.69 Å². The molecule has 0 N–H and O–H groups in total. The number of nitrogens with zero attached hydrogens (tertiary/aromatic N) is 3. The van der Waals surface area contributed by atoms with Crippen molar-refractivity contribution >= 4 is 21.8 Å². The number of hydrogen-bond acceptors (Lipinski definition) is 3. The van der Waals surface area contributed by atoms with Gasteiger partial charge in [0.25, 0.3) is 5.91 Å². The number of aromatic nitrogens is 1. The minimum Gasteiger partial charge on any atom is -0.335 e. The van der Waals surface area contributed by atoms with Crippen molar-refractivity contribution in [2.75, 3.05) is 26.2 Å². The van der Waals surface area contributed by atoms with Crippen molar-refractivity contribution in [3.8, 4) is 0 Å². The first-order valence-electron chi connectivity index (χ1n) is 6.39. The van der Waals surface area contributed by atoms with Gasteiger partial charge in [-0.1, -0.05) is 0 Å². The molecule has 2 fully saturated rings. The second-order valence-electron chi connectivity index (χ2n) is 4.92. The van der Waals surface area contributed by atoms with E-state index < -0.39 is 0 Å². The molecule has 5 heteroatoms. The molecule has 2 heterocycles. The molecule has 1 amide bonds. The van der Waals surface area contributed by atoms with Crippen LogP contribution in [0.25, 0.3) is 0 Å². The number of pyridine rings is 1. The molecule has 1 aliphatic heterocycles. The fraction of sp³-hybridized carbons (Fsp3) is 0.538. The van der Waals surface area contributed by atoms with Crippen LogP contribution in [0.3, 0.4) is 0 Å². The number of carbonyl (C=O) groups is 1. The lowest BCUT2D eigenvalue weighted by Gasteiger charge is -2.34. The molecule has 1 aromatic rings. The topological polar surface area (TPSA) is 36.4 Å². The van der Waals surface area contributed by atoms with Gasteiger partial charge in [-0.15, -0.1) is 0 Å². The largest absolute Gasteiger partial charge is 0.335 e. The first kappa shape index (κ1) is 12.1. The van der Waals surface area contributed by atoms with Crippen molar-refractivity contribution in [3.63, 3.8) is 0 Å². The summed E-state index contributed by atoms with van der Waals surface area (Å²) in [5.41, 5.74) is 0.540. The SMILES string of the molecule is O=C(c1ccc(Br)cn1)N1CCN(C2CC2)CC1. The highest BCUT2D eigenvalue weighted by Crippen LogP contribution is 2.27. The Bertz CT molecular complexity index is 436. The Labute approximate surface area is 115 Å². The molecule has 1 saturated carbocycles. The van der Waals surface area contributed by atoms with Crippen LogP contribution in [-0.2, 0) is 0 Å². The van der Waals surface area contributed by atoms with Crippen LogP contribution in [-0.4, -0.2) is 52.9 Å². The van der Waals surface area contributed by atoms with Gasteiger partial charge in [0.15, 0.2) is 0 Å². The zero-order valence-corrected chi connectivity index (χ0v) is 11.8. The lowest BCUT2D eigenvalue weighted by molar-refractivity contribution is 0.0621. The predicted molar refractivity (Wildman–Crippen MR) is 72.4 cm³/mol. The molecule has 3 rings (SSSR count). The summed E-state index contributed by atoms with van der Waals surface area (Å²) >= 11 is 3.33. The highest BCUT2D eigenvalue weighted by atomic mass is 79.9. The van der Waals surface area contributed by atoms with Gasteiger partial charge >= 0.3 is 0 Å². The van der Waals surface area contributed by atoms with Gasteiger partial charge in [-0.2, -0.15) is 0 Å². The standard InChI is InChI=1S/C13H16BrN3O/c14-10-1-4-12(15-9-10)13(18)17-7-5-16(6-8-17)11-2-3-11/h1,4,9,11H,2-3,5-8H2. The Morgan fingerprint density at radius 2 is 1.94 bits per heavy atom. The number of carbonyl (C=O) groups excluding carboxylic acids is 1. The highest BCUT2D eigenvalue weighted by molar-refractivity contribution is 9.10. The third-order valence-electron chi connectivity index (χ3n) is 3.61. The molecule has 1 aromatic heterocycles. The van der Waals surface area contributed by atoms with Crippen molar-refractivity contribution in [1.82, 2.24) is 14.8 Å². The smallest absolute Gasteiger partial charge is 0.272 e. The molecule has 0 bridgehead atoms. The Balaban J connectivity index is 1.61. The van der Waals surface area contributed by atoms with Crippen LogP contribution in [0.15, 0.2) is 22.8 Å². The summed E-state index contributed by atoms with van der Waals surface area (Å²) in [5, 5.41) is 0. The molecule has 0 spiro atoms. The summed E-state index contributed by atoms with van der Waals surface area (Å²) in [6, 6.07) is 4.44. The van der Waals surface area contributed by atoms with Gasteiger partial charge in [0.1, 0.15) is 5.69 Å². The second-order valence-corrected chi connectivity index (χ2v) is 5.84. The minimum atomic E-state index is 0.0537. The van der Waals surface area contributed by atoms with Crippen molar-refractivity contribution in [1.29, 1.82) is 0 Å². The fourth-order valence-electron chi connectivity index (χ4n) is 2.39. The summed E-state index contributed by atoms with van der Waals surface area (Å²) in [6.07, 6.45) is 4.35. The lowest BCUT2D eigenvalue weighted by Crippen LogP contribution is -2.49. The third kappa shape index (κ3) is 2.57. The Kier molecular flexibility index (Phi) is 3.35. The van der Waals surface area contributed by atoms with E-state index in [1.54, 1.807) is 12.3 Å². The van der Waals surface area contributed by atoms with Gasteiger partial charge in [-0.05, 0) is 40.9 Å². The van der Waals surface area contributed by atoms with E-state index >= 15 is 0 Å². The van der Waals surface area contributed by atoms with E-state index in [-0.39, 0.29) is 5.91 Å². The van der Waals surface area contributed by atoms with E-state index in [0.29, 0.717) is 5.69 Å². The van der Waals surface area contributed by atoms with Crippen LogP contribution in [0.2, 0.25) is 0 Å². The maximum Gasteiger partial charge on any atom is 0.272 e. The van der Waals surface area contributed by atoms with Crippen LogP contribution in [0.4, 0.5) is 0 Å². The van der Waals surface area contributed by atoms with Crippen LogP contribution in [0.5, 0.6) is 0 Å². The summed E-state index contributed by atoms with van der Waals surface area (Å²) in [5.74, 6) is 0.0537. The van der Waals surface area contributed by atoms with Crippen molar-refractivity contribution < 1.29 is 4.79 Å². The molecular weight excluding hydrogens is 294 g/mol. The summed E-state index contributed by atoms with van der Waals surface area (Å²) < 4.78 is 0.901. The average Bonchev–Trinajstić information content (AvgIpc) is 3.23. The zero-order valence-electron chi connectivity index (χ0n) is 10.2. The monoisotopic (exact) mass is 309 g/mol. The molecule has 1 saturated heterocycles. The number of piperazine rings is 1. The van der Waals surface area contributed by atoms with Crippen molar-refractivity contribution in [3.05, 3.63) is 28.5 Å². The first-order valence-corrected chi connectivity index (χ1v) is 7.18. The predicted octanol–water partition coefficient (Wildman–Crippen LogP) is 1.76. The normalized spacial score (nSPS) is 21.1. The van der Waals surface area contributed by atoms with E-state index in [9.17, 15) is 4.79 Å². The molecule has 4 nitrogen and oxygen atoms in total. The Hall–Kier alpha value is -0.940. The van der Waals surface area contributed by atoms with Gasteiger partial charge < -0.3 is 4.90 Å².